The van der Waals surface area contributed by atoms with Crippen LogP contribution in [0.3, 0.4) is 0 Å². The zero-order valence-electron chi connectivity index (χ0n) is 12.2. The van der Waals surface area contributed by atoms with Crippen LogP contribution in [0, 0.1) is 6.92 Å². The molecule has 0 aliphatic rings. The molecule has 0 atom stereocenters. The molecule has 0 aromatic heterocycles. The van der Waals surface area contributed by atoms with Crippen LogP contribution >= 0.6 is 15.9 Å². The van der Waals surface area contributed by atoms with Crippen LogP contribution in [-0.2, 0) is 0 Å². The summed E-state index contributed by atoms with van der Waals surface area (Å²) < 4.78 is 5.87. The topological polar surface area (TPSA) is 63.6 Å². The normalized spacial score (nSPS) is 10.3. The van der Waals surface area contributed by atoms with Crippen molar-refractivity contribution in [1.29, 1.82) is 0 Å². The monoisotopic (exact) mass is 362 g/mol. The molecular formula is C17H15BrO4. The van der Waals surface area contributed by atoms with E-state index in [9.17, 15) is 14.7 Å². The molecule has 4 nitrogen and oxygen atoms in total. The van der Waals surface area contributed by atoms with Gasteiger partial charge in [0.05, 0.1) is 24.7 Å². The van der Waals surface area contributed by atoms with E-state index in [-0.39, 0.29) is 23.5 Å². The number of phenols is 1. The number of aromatic hydroxyl groups is 1. The third-order valence-corrected chi connectivity index (χ3v) is 3.73. The average molecular weight is 363 g/mol. The molecular weight excluding hydrogens is 348 g/mol. The van der Waals surface area contributed by atoms with Crippen molar-refractivity contribution in [3.8, 4) is 11.5 Å². The lowest BCUT2D eigenvalue weighted by Crippen LogP contribution is -2.10. The van der Waals surface area contributed by atoms with E-state index < -0.39 is 5.78 Å². The van der Waals surface area contributed by atoms with Gasteiger partial charge >= 0.3 is 0 Å². The number of halogens is 1. The molecule has 2 rings (SSSR count). The summed E-state index contributed by atoms with van der Waals surface area (Å²) in [5.41, 5.74) is 1.33. The van der Waals surface area contributed by atoms with Gasteiger partial charge in [0.1, 0.15) is 11.5 Å². The molecule has 0 fully saturated rings. The first-order valence-corrected chi connectivity index (χ1v) is 7.41. The van der Waals surface area contributed by atoms with E-state index in [1.165, 1.54) is 13.2 Å². The number of aryl methyl sites for hydroxylation is 1. The number of ketones is 2. The maximum Gasteiger partial charge on any atom is 0.174 e. The minimum Gasteiger partial charge on any atom is -0.507 e. The maximum atomic E-state index is 12.4. The van der Waals surface area contributed by atoms with Crippen molar-refractivity contribution in [2.24, 2.45) is 0 Å². The third-order valence-electron chi connectivity index (χ3n) is 3.24. The minimum atomic E-state index is -0.423. The second-order valence-corrected chi connectivity index (χ2v) is 5.80. The van der Waals surface area contributed by atoms with E-state index in [1.54, 1.807) is 30.3 Å². The summed E-state index contributed by atoms with van der Waals surface area (Å²) in [5.74, 6) is -0.489. The first-order valence-electron chi connectivity index (χ1n) is 6.62. The number of ether oxygens (including phenoxy) is 1. The summed E-state index contributed by atoms with van der Waals surface area (Å²) in [6, 6.07) is 9.75. The van der Waals surface area contributed by atoms with Crippen molar-refractivity contribution in [1.82, 2.24) is 0 Å². The summed E-state index contributed by atoms with van der Waals surface area (Å²) in [6.07, 6.45) is -0.330. The van der Waals surface area contributed by atoms with Crippen LogP contribution in [0.15, 0.2) is 40.9 Å². The number of benzene rings is 2. The first-order chi connectivity index (χ1) is 10.4. The van der Waals surface area contributed by atoms with Gasteiger partial charge in [-0.15, -0.1) is 0 Å². The Hall–Kier alpha value is -2.14. The van der Waals surface area contributed by atoms with Crippen LogP contribution in [-0.4, -0.2) is 23.8 Å². The van der Waals surface area contributed by atoms with E-state index in [0.717, 1.165) is 10.0 Å². The molecule has 0 saturated carbocycles. The Kier molecular flexibility index (Phi) is 4.98. The van der Waals surface area contributed by atoms with Crippen molar-refractivity contribution in [2.75, 3.05) is 7.11 Å². The average Bonchev–Trinajstić information content (AvgIpc) is 2.49. The number of phenolic OH excluding ortho intramolecular Hbond substituents is 1. The predicted octanol–water partition coefficient (Wildman–Crippen LogP) is 3.93. The summed E-state index contributed by atoms with van der Waals surface area (Å²) >= 11 is 3.29. The number of methoxy groups -OCH3 is 1. The summed E-state index contributed by atoms with van der Waals surface area (Å²) in [7, 11) is 1.47. The largest absolute Gasteiger partial charge is 0.507 e. The van der Waals surface area contributed by atoms with E-state index in [4.69, 9.17) is 4.74 Å². The Morgan fingerprint density at radius 1 is 1.09 bits per heavy atom. The van der Waals surface area contributed by atoms with Crippen molar-refractivity contribution in [3.63, 3.8) is 0 Å². The Bertz CT molecular complexity index is 737. The summed E-state index contributed by atoms with van der Waals surface area (Å²) in [4.78, 5) is 24.6. The Balaban J connectivity index is 2.27. The molecule has 114 valence electrons. The fourth-order valence-electron chi connectivity index (χ4n) is 2.11. The highest BCUT2D eigenvalue weighted by atomic mass is 79.9. The number of hydrogen-bond acceptors (Lipinski definition) is 4. The van der Waals surface area contributed by atoms with Crippen LogP contribution in [0.1, 0.15) is 32.7 Å². The van der Waals surface area contributed by atoms with Crippen molar-refractivity contribution < 1.29 is 19.4 Å². The van der Waals surface area contributed by atoms with Crippen molar-refractivity contribution in [3.05, 3.63) is 57.6 Å². The number of rotatable bonds is 5. The molecule has 0 amide bonds. The molecule has 0 unspecified atom stereocenters. The van der Waals surface area contributed by atoms with Gasteiger partial charge < -0.3 is 9.84 Å². The highest BCUT2D eigenvalue weighted by molar-refractivity contribution is 9.10. The van der Waals surface area contributed by atoms with Gasteiger partial charge in [0, 0.05) is 4.47 Å². The Labute approximate surface area is 136 Å². The molecule has 0 aliphatic carbocycles. The zero-order chi connectivity index (χ0) is 16.3. The molecule has 0 spiro atoms. The molecule has 0 heterocycles. The van der Waals surface area contributed by atoms with E-state index in [0.29, 0.717) is 11.3 Å². The smallest absolute Gasteiger partial charge is 0.174 e. The van der Waals surface area contributed by atoms with Gasteiger partial charge in [-0.2, -0.15) is 0 Å². The standard InChI is InChI=1S/C17H15BrO4/c1-10-3-5-14(19)12(7-10)15(20)9-16(21)13-8-11(18)4-6-17(13)22-2/h3-8,19H,9H2,1-2H3. The molecule has 0 radical (unpaired) electrons. The molecule has 5 heteroatoms. The summed E-state index contributed by atoms with van der Waals surface area (Å²) in [6.45, 7) is 1.81. The third kappa shape index (κ3) is 3.54. The Morgan fingerprint density at radius 3 is 2.45 bits per heavy atom. The molecule has 1 N–H and O–H groups in total. The highest BCUT2D eigenvalue weighted by Gasteiger charge is 2.19. The molecule has 2 aromatic carbocycles. The van der Waals surface area contributed by atoms with Gasteiger partial charge in [-0.25, -0.2) is 0 Å². The molecule has 22 heavy (non-hydrogen) atoms. The van der Waals surface area contributed by atoms with Crippen LogP contribution in [0.2, 0.25) is 0 Å². The molecule has 2 aromatic rings. The summed E-state index contributed by atoms with van der Waals surface area (Å²) in [5, 5.41) is 9.77. The fourth-order valence-corrected chi connectivity index (χ4v) is 2.47. The van der Waals surface area contributed by atoms with Gasteiger partial charge in [0.25, 0.3) is 0 Å². The van der Waals surface area contributed by atoms with Crippen LogP contribution in [0.25, 0.3) is 0 Å². The molecule has 0 aliphatic heterocycles. The lowest BCUT2D eigenvalue weighted by molar-refractivity contribution is 0.0891. The molecule has 0 saturated heterocycles. The van der Waals surface area contributed by atoms with Crippen LogP contribution in [0.4, 0.5) is 0 Å². The van der Waals surface area contributed by atoms with Gasteiger partial charge in [0.15, 0.2) is 11.6 Å². The zero-order valence-corrected chi connectivity index (χ0v) is 13.8. The van der Waals surface area contributed by atoms with Crippen LogP contribution in [0.5, 0.6) is 11.5 Å². The fraction of sp³-hybridized carbons (Fsp3) is 0.176. The van der Waals surface area contributed by atoms with Crippen molar-refractivity contribution >= 4 is 27.5 Å². The first kappa shape index (κ1) is 16.2. The second-order valence-electron chi connectivity index (χ2n) is 4.89. The number of carbonyl (C=O) groups excluding carboxylic acids is 2. The predicted molar refractivity (Wildman–Crippen MR) is 86.8 cm³/mol. The number of carbonyl (C=O) groups is 2. The maximum absolute atomic E-state index is 12.4. The second kappa shape index (κ2) is 6.75. The van der Waals surface area contributed by atoms with Gasteiger partial charge in [0.2, 0.25) is 0 Å². The quantitative estimate of drug-likeness (QED) is 0.646. The van der Waals surface area contributed by atoms with E-state index in [2.05, 4.69) is 15.9 Å². The van der Waals surface area contributed by atoms with Gasteiger partial charge in [-0.1, -0.05) is 27.6 Å². The minimum absolute atomic E-state index is 0.121. The van der Waals surface area contributed by atoms with E-state index in [1.807, 2.05) is 6.92 Å². The van der Waals surface area contributed by atoms with Crippen molar-refractivity contribution in [2.45, 2.75) is 13.3 Å². The Morgan fingerprint density at radius 2 is 1.77 bits per heavy atom. The van der Waals surface area contributed by atoms with E-state index >= 15 is 0 Å². The lowest BCUT2D eigenvalue weighted by atomic mass is 9.99. The number of hydrogen-bond donors (Lipinski definition) is 1. The van der Waals surface area contributed by atoms with Gasteiger partial charge in [-0.05, 0) is 37.3 Å². The highest BCUT2D eigenvalue weighted by Crippen LogP contribution is 2.26. The van der Waals surface area contributed by atoms with Gasteiger partial charge in [-0.3, -0.25) is 9.59 Å². The van der Waals surface area contributed by atoms with Crippen LogP contribution < -0.4 is 4.74 Å². The number of Topliss-reactive ketones (excluding diaryl/α,β-unsaturated/α-hetero) is 2. The lowest BCUT2D eigenvalue weighted by Gasteiger charge is -2.09. The SMILES string of the molecule is COc1ccc(Br)cc1C(=O)CC(=O)c1cc(C)ccc1O. The molecule has 0 bridgehead atoms.